The van der Waals surface area contributed by atoms with Gasteiger partial charge in [0.1, 0.15) is 11.8 Å². The van der Waals surface area contributed by atoms with Gasteiger partial charge in [0, 0.05) is 0 Å². The third-order valence-electron chi connectivity index (χ3n) is 4.16. The molecule has 0 aromatic heterocycles. The number of carbonyl (C=O) groups is 1. The van der Waals surface area contributed by atoms with Crippen molar-refractivity contribution in [2.24, 2.45) is 5.10 Å². The molecule has 0 aliphatic rings. The number of phenols is 1. The summed E-state index contributed by atoms with van der Waals surface area (Å²) in [5.41, 5.74) is 3.26. The summed E-state index contributed by atoms with van der Waals surface area (Å²) in [5, 5.41) is 13.6. The highest BCUT2D eigenvalue weighted by atomic mass is 32.2. The minimum atomic E-state index is -3.75. The first-order valence-corrected chi connectivity index (χ1v) is 11.5. The zero-order valence-electron chi connectivity index (χ0n) is 17.9. The highest BCUT2D eigenvalue weighted by Gasteiger charge is 2.29. The Morgan fingerprint density at radius 3 is 2.39 bits per heavy atom. The fourth-order valence-electron chi connectivity index (χ4n) is 2.81. The van der Waals surface area contributed by atoms with Gasteiger partial charge in [0.2, 0.25) is 10.0 Å². The molecule has 10 heteroatoms. The van der Waals surface area contributed by atoms with Crippen molar-refractivity contribution in [3.63, 3.8) is 0 Å². The lowest BCUT2D eigenvalue weighted by atomic mass is 10.2. The highest BCUT2D eigenvalue weighted by molar-refractivity contribution is 7.92. The van der Waals surface area contributed by atoms with Crippen molar-refractivity contribution >= 4 is 27.8 Å². The monoisotopic (exact) mass is 449 g/mol. The molecule has 31 heavy (non-hydrogen) atoms. The average molecular weight is 450 g/mol. The first-order valence-electron chi connectivity index (χ1n) is 9.68. The Balaban J connectivity index is 2.15. The van der Waals surface area contributed by atoms with E-state index in [2.05, 4.69) is 10.5 Å². The number of nitrogens with zero attached hydrogens (tertiary/aromatic N) is 2. The van der Waals surface area contributed by atoms with Crippen LogP contribution in [0, 0.1) is 0 Å². The lowest BCUT2D eigenvalue weighted by Gasteiger charge is -2.27. The minimum absolute atomic E-state index is 0.00388. The second-order valence-corrected chi connectivity index (χ2v) is 8.42. The fraction of sp³-hybridized carbons (Fsp3) is 0.333. The molecule has 1 atom stereocenters. The molecule has 0 radical (unpaired) electrons. The summed E-state index contributed by atoms with van der Waals surface area (Å²) in [4.78, 5) is 12.6. The van der Waals surface area contributed by atoms with E-state index in [0.29, 0.717) is 36.0 Å². The number of amides is 1. The fourth-order valence-corrected chi connectivity index (χ4v) is 3.99. The van der Waals surface area contributed by atoms with Crippen molar-refractivity contribution in [2.75, 3.05) is 23.8 Å². The summed E-state index contributed by atoms with van der Waals surface area (Å²) in [6.45, 7) is 5.98. The highest BCUT2D eigenvalue weighted by Crippen LogP contribution is 2.26. The van der Waals surface area contributed by atoms with Crippen LogP contribution < -0.4 is 19.2 Å². The summed E-state index contributed by atoms with van der Waals surface area (Å²) in [6, 6.07) is 9.99. The predicted octanol–water partition coefficient (Wildman–Crippen LogP) is 2.49. The number of benzene rings is 2. The van der Waals surface area contributed by atoms with Crippen LogP contribution in [0.3, 0.4) is 0 Å². The lowest BCUT2D eigenvalue weighted by molar-refractivity contribution is -0.121. The first-order chi connectivity index (χ1) is 14.7. The number of aromatic hydroxyl groups is 1. The summed E-state index contributed by atoms with van der Waals surface area (Å²) in [5.74, 6) is 0.279. The number of hydrogen-bond acceptors (Lipinski definition) is 7. The normalized spacial score (nSPS) is 12.4. The van der Waals surface area contributed by atoms with E-state index in [9.17, 15) is 18.3 Å². The molecule has 9 nitrogen and oxygen atoms in total. The smallest absolute Gasteiger partial charge is 0.263 e. The molecule has 0 aliphatic heterocycles. The van der Waals surface area contributed by atoms with Crippen molar-refractivity contribution in [1.29, 1.82) is 0 Å². The van der Waals surface area contributed by atoms with Crippen molar-refractivity contribution in [1.82, 2.24) is 5.43 Å². The van der Waals surface area contributed by atoms with Crippen molar-refractivity contribution in [3.05, 3.63) is 48.0 Å². The summed E-state index contributed by atoms with van der Waals surface area (Å²) in [7, 11) is -3.75. The molecule has 2 N–H and O–H groups in total. The SMILES string of the molecule is CCOc1ccc(N([C@@H](C)C(=O)N/N=C\c2ccc(O)c(OCC)c2)S(C)(=O)=O)cc1. The molecule has 2 rings (SSSR count). The van der Waals surface area contributed by atoms with Gasteiger partial charge in [-0.05, 0) is 68.8 Å². The molecule has 0 saturated carbocycles. The van der Waals surface area contributed by atoms with Gasteiger partial charge >= 0.3 is 0 Å². The number of ether oxygens (including phenoxy) is 2. The second-order valence-electron chi connectivity index (χ2n) is 6.56. The van der Waals surface area contributed by atoms with E-state index >= 15 is 0 Å². The number of anilines is 1. The lowest BCUT2D eigenvalue weighted by Crippen LogP contribution is -2.46. The Morgan fingerprint density at radius 1 is 1.16 bits per heavy atom. The van der Waals surface area contributed by atoms with Crippen molar-refractivity contribution in [2.45, 2.75) is 26.8 Å². The average Bonchev–Trinajstić information content (AvgIpc) is 2.71. The van der Waals surface area contributed by atoms with Gasteiger partial charge < -0.3 is 14.6 Å². The minimum Gasteiger partial charge on any atom is -0.504 e. The number of phenolic OH excluding ortho intramolecular Hbond substituents is 1. The zero-order valence-corrected chi connectivity index (χ0v) is 18.7. The third-order valence-corrected chi connectivity index (χ3v) is 5.40. The number of hydrazone groups is 1. The summed E-state index contributed by atoms with van der Waals surface area (Å²) >= 11 is 0. The Bertz CT molecular complexity index is 1020. The van der Waals surface area contributed by atoms with Crippen LogP contribution in [-0.2, 0) is 14.8 Å². The quantitative estimate of drug-likeness (QED) is 0.425. The first kappa shape index (κ1) is 24.0. The number of hydrogen-bond donors (Lipinski definition) is 2. The number of rotatable bonds is 10. The maximum atomic E-state index is 12.6. The molecule has 0 bridgehead atoms. The summed E-state index contributed by atoms with van der Waals surface area (Å²) < 4.78 is 36.4. The second kappa shape index (κ2) is 10.7. The topological polar surface area (TPSA) is 118 Å². The zero-order chi connectivity index (χ0) is 23.0. The standard InChI is InChI=1S/C21H27N3O6S/c1-5-29-18-10-8-17(9-11-18)24(31(4,27)28)15(3)21(26)23-22-14-16-7-12-19(25)20(13-16)30-6-2/h7-15,25H,5-6H2,1-4H3,(H,23,26)/b22-14-/t15-/m0/s1. The van der Waals surface area contributed by atoms with Gasteiger partial charge in [-0.2, -0.15) is 5.10 Å². The van der Waals surface area contributed by atoms with Crippen LogP contribution in [0.1, 0.15) is 26.3 Å². The van der Waals surface area contributed by atoms with Gasteiger partial charge in [0.15, 0.2) is 11.5 Å². The molecular formula is C21H27N3O6S. The van der Waals surface area contributed by atoms with E-state index in [1.165, 1.54) is 19.2 Å². The van der Waals surface area contributed by atoms with Crippen LogP contribution in [0.2, 0.25) is 0 Å². The molecule has 2 aromatic rings. The van der Waals surface area contributed by atoms with E-state index in [1.54, 1.807) is 43.3 Å². The van der Waals surface area contributed by atoms with E-state index < -0.39 is 22.0 Å². The number of carbonyl (C=O) groups excluding carboxylic acids is 1. The molecule has 0 spiro atoms. The molecule has 0 heterocycles. The van der Waals surface area contributed by atoms with Gasteiger partial charge in [-0.3, -0.25) is 9.10 Å². The van der Waals surface area contributed by atoms with Crippen LogP contribution in [0.5, 0.6) is 17.2 Å². The third kappa shape index (κ3) is 6.61. The molecule has 0 unspecified atom stereocenters. The van der Waals surface area contributed by atoms with Crippen LogP contribution in [-0.4, -0.2) is 51.2 Å². The largest absolute Gasteiger partial charge is 0.504 e. The molecular weight excluding hydrogens is 422 g/mol. The van der Waals surface area contributed by atoms with Gasteiger partial charge in [-0.15, -0.1) is 0 Å². The van der Waals surface area contributed by atoms with Crippen molar-refractivity contribution in [3.8, 4) is 17.2 Å². The van der Waals surface area contributed by atoms with Crippen LogP contribution in [0.25, 0.3) is 0 Å². The van der Waals surface area contributed by atoms with E-state index in [-0.39, 0.29) is 5.75 Å². The molecule has 0 aliphatic carbocycles. The van der Waals surface area contributed by atoms with Gasteiger partial charge in [0.05, 0.1) is 31.4 Å². The number of nitrogens with one attached hydrogen (secondary N) is 1. The molecule has 168 valence electrons. The van der Waals surface area contributed by atoms with Gasteiger partial charge in [-0.1, -0.05) is 0 Å². The van der Waals surface area contributed by atoms with Crippen molar-refractivity contribution < 1.29 is 27.8 Å². The van der Waals surface area contributed by atoms with E-state index in [4.69, 9.17) is 9.47 Å². The van der Waals surface area contributed by atoms with Crippen LogP contribution in [0.4, 0.5) is 5.69 Å². The Labute approximate surface area is 182 Å². The number of sulfonamides is 1. The van der Waals surface area contributed by atoms with Gasteiger partial charge in [-0.25, -0.2) is 13.8 Å². The molecule has 1 amide bonds. The molecule has 0 fully saturated rings. The van der Waals surface area contributed by atoms with Crippen LogP contribution in [0.15, 0.2) is 47.6 Å². The van der Waals surface area contributed by atoms with Gasteiger partial charge in [0.25, 0.3) is 5.91 Å². The Hall–Kier alpha value is -3.27. The Kier molecular flexibility index (Phi) is 8.26. The van der Waals surface area contributed by atoms with E-state index in [0.717, 1.165) is 10.6 Å². The van der Waals surface area contributed by atoms with Crippen LogP contribution >= 0.6 is 0 Å². The summed E-state index contributed by atoms with van der Waals surface area (Å²) in [6.07, 6.45) is 2.40. The maximum Gasteiger partial charge on any atom is 0.263 e. The Morgan fingerprint density at radius 2 is 1.81 bits per heavy atom. The molecule has 0 saturated heterocycles. The molecule has 2 aromatic carbocycles. The maximum absolute atomic E-state index is 12.6. The van der Waals surface area contributed by atoms with E-state index in [1.807, 2.05) is 6.92 Å². The predicted molar refractivity (Wildman–Crippen MR) is 119 cm³/mol.